The van der Waals surface area contributed by atoms with E-state index in [1.807, 2.05) is 6.07 Å². The van der Waals surface area contributed by atoms with Crippen molar-refractivity contribution >= 4 is 41.9 Å². The van der Waals surface area contributed by atoms with Crippen LogP contribution in [0.3, 0.4) is 0 Å². The molecule has 0 radical (unpaired) electrons. The normalized spacial score (nSPS) is 10.5. The number of methoxy groups -OCH3 is 2. The van der Waals surface area contributed by atoms with E-state index in [0.29, 0.717) is 12.2 Å². The van der Waals surface area contributed by atoms with E-state index >= 15 is 0 Å². The predicted octanol–water partition coefficient (Wildman–Crippen LogP) is 0.490. The molecule has 0 saturated heterocycles. The van der Waals surface area contributed by atoms with Crippen LogP contribution in [0, 0.1) is 0 Å². The number of hydrogen-bond acceptors (Lipinski definition) is 7. The summed E-state index contributed by atoms with van der Waals surface area (Å²) >= 11 is -5.14. The van der Waals surface area contributed by atoms with Crippen molar-refractivity contribution in [3.8, 4) is 5.75 Å². The molecule has 0 aliphatic rings. The Morgan fingerprint density at radius 3 is 2.26 bits per heavy atom. The van der Waals surface area contributed by atoms with Gasteiger partial charge in [0.05, 0.1) is 13.7 Å². The Morgan fingerprint density at radius 1 is 1.06 bits per heavy atom. The molecule has 2 aromatic carbocycles. The molecular formula is C20H24AsNO9. The van der Waals surface area contributed by atoms with Gasteiger partial charge in [0.15, 0.2) is 5.78 Å². The summed E-state index contributed by atoms with van der Waals surface area (Å²) in [6, 6.07) is 10.7. The molecule has 0 atom stereocenters. The fourth-order valence-corrected chi connectivity index (χ4v) is 3.94. The second-order valence-corrected chi connectivity index (χ2v) is 9.50. The monoisotopic (exact) mass is 497 g/mol. The minimum atomic E-state index is -5.14. The van der Waals surface area contributed by atoms with Crippen LogP contribution in [0.5, 0.6) is 5.75 Å². The third-order valence-corrected chi connectivity index (χ3v) is 5.83. The maximum Gasteiger partial charge on any atom is 0.313 e. The summed E-state index contributed by atoms with van der Waals surface area (Å²) in [6.45, 7) is 1.63. The van der Waals surface area contributed by atoms with Crippen molar-refractivity contribution in [2.75, 3.05) is 19.5 Å². The minimum absolute atomic E-state index is 0.225. The fourth-order valence-electron chi connectivity index (χ4n) is 2.38. The second-order valence-electron chi connectivity index (χ2n) is 6.21. The number of phenolic OH excluding ortho intramolecular Hbond substituents is 1. The van der Waals surface area contributed by atoms with E-state index in [2.05, 4.69) is 10.1 Å². The van der Waals surface area contributed by atoms with Gasteiger partial charge in [-0.1, -0.05) is 18.2 Å². The summed E-state index contributed by atoms with van der Waals surface area (Å²) in [6.07, 6.45) is -0.229. The van der Waals surface area contributed by atoms with Crippen LogP contribution >= 0.6 is 0 Å². The number of nitrogens with one attached hydrogen (secondary N) is 1. The zero-order valence-corrected chi connectivity index (χ0v) is 19.1. The molecule has 0 heterocycles. The number of phenols is 1. The van der Waals surface area contributed by atoms with Crippen molar-refractivity contribution in [3.63, 3.8) is 0 Å². The van der Waals surface area contributed by atoms with Crippen LogP contribution in [0.1, 0.15) is 29.3 Å². The fraction of sp³-hybridized carbons (Fsp3) is 0.250. The predicted molar refractivity (Wildman–Crippen MR) is 111 cm³/mol. The van der Waals surface area contributed by atoms with Gasteiger partial charge < -0.3 is 9.47 Å². The smallest absolute Gasteiger partial charge is 0.313 e. The average Bonchev–Trinajstić information content (AvgIpc) is 2.69. The van der Waals surface area contributed by atoms with Gasteiger partial charge in [-0.2, -0.15) is 0 Å². The molecule has 168 valence electrons. The third kappa shape index (κ3) is 8.77. The molecule has 1 amide bonds. The van der Waals surface area contributed by atoms with E-state index in [-0.39, 0.29) is 28.0 Å². The van der Waals surface area contributed by atoms with Crippen LogP contribution in [-0.2, 0) is 29.4 Å². The summed E-state index contributed by atoms with van der Waals surface area (Å²) in [4.78, 5) is 33.3. The van der Waals surface area contributed by atoms with E-state index in [4.69, 9.17) is 12.9 Å². The number of carbonyl (C=O) groups excluding carboxylic acids is 3. The average molecular weight is 497 g/mol. The van der Waals surface area contributed by atoms with E-state index in [1.54, 1.807) is 25.3 Å². The number of amides is 1. The van der Waals surface area contributed by atoms with Gasteiger partial charge in [0.25, 0.3) is 0 Å². The minimum Gasteiger partial charge on any atom is -0.469 e. The number of esters is 1. The van der Waals surface area contributed by atoms with E-state index in [0.717, 1.165) is 5.56 Å². The topological polar surface area (TPSA) is 159 Å². The first-order valence-electron chi connectivity index (χ1n) is 8.83. The Hall–Kier alpha value is -2.91. The van der Waals surface area contributed by atoms with E-state index in [9.17, 15) is 23.2 Å². The maximum absolute atomic E-state index is 11.6. The van der Waals surface area contributed by atoms with Gasteiger partial charge >= 0.3 is 94.1 Å². The number of carbonyl (C=O) groups is 3. The summed E-state index contributed by atoms with van der Waals surface area (Å²) in [5, 5.41) is 11.5. The van der Waals surface area contributed by atoms with Gasteiger partial charge in [0.1, 0.15) is 6.42 Å². The van der Waals surface area contributed by atoms with Crippen LogP contribution in [0.4, 0.5) is 5.69 Å². The van der Waals surface area contributed by atoms with Crippen molar-refractivity contribution in [1.29, 1.82) is 0 Å². The Labute approximate surface area is 181 Å². The molecule has 2 aromatic rings. The first-order chi connectivity index (χ1) is 14.5. The molecule has 2 rings (SSSR count). The molecule has 31 heavy (non-hydrogen) atoms. The molecule has 0 unspecified atom stereocenters. The SMILES string of the molecule is CC(=O)Nc1c(O)cccc1[As](=O)(O)O.COCc1cccc(C(=O)CC(=O)OC)c1. The largest absolute Gasteiger partial charge is 0.469 e. The Balaban J connectivity index is 0.000000311. The number of hydrogen-bond donors (Lipinski definition) is 4. The van der Waals surface area contributed by atoms with Crippen molar-refractivity contribution in [1.82, 2.24) is 0 Å². The molecule has 0 saturated carbocycles. The molecule has 10 nitrogen and oxygen atoms in total. The zero-order chi connectivity index (χ0) is 23.6. The van der Waals surface area contributed by atoms with Crippen LogP contribution < -0.4 is 9.67 Å². The molecule has 0 aliphatic heterocycles. The van der Waals surface area contributed by atoms with Crippen LogP contribution in [0.25, 0.3) is 0 Å². The van der Waals surface area contributed by atoms with Crippen LogP contribution in [0.2, 0.25) is 0 Å². The van der Waals surface area contributed by atoms with Crippen LogP contribution in [-0.4, -0.2) is 59.3 Å². The number of ether oxygens (including phenoxy) is 2. The zero-order valence-electron chi connectivity index (χ0n) is 17.2. The van der Waals surface area contributed by atoms with Crippen molar-refractivity contribution in [3.05, 3.63) is 53.6 Å². The quantitative estimate of drug-likeness (QED) is 0.140. The molecule has 0 fully saturated rings. The van der Waals surface area contributed by atoms with Crippen molar-refractivity contribution in [2.45, 2.75) is 20.0 Å². The van der Waals surface area contributed by atoms with E-state index in [1.165, 1.54) is 32.2 Å². The molecule has 11 heteroatoms. The molecule has 4 N–H and O–H groups in total. The maximum atomic E-state index is 11.6. The Bertz CT molecular complexity index is 984. The molecule has 0 aliphatic carbocycles. The van der Waals surface area contributed by atoms with Gasteiger partial charge in [-0.25, -0.2) is 0 Å². The summed E-state index contributed by atoms with van der Waals surface area (Å²) in [5.41, 5.74) is 1.18. The second kappa shape index (κ2) is 12.1. The number of anilines is 1. The number of ketones is 1. The third-order valence-electron chi connectivity index (χ3n) is 3.73. The van der Waals surface area contributed by atoms with Crippen molar-refractivity contribution < 1.29 is 40.9 Å². The Morgan fingerprint density at radius 2 is 1.71 bits per heavy atom. The molecule has 0 bridgehead atoms. The number of para-hydroxylation sites is 1. The first-order valence-corrected chi connectivity index (χ1v) is 12.2. The van der Waals surface area contributed by atoms with Gasteiger partial charge in [-0.15, -0.1) is 0 Å². The molecular weight excluding hydrogens is 473 g/mol. The van der Waals surface area contributed by atoms with Crippen LogP contribution in [0.15, 0.2) is 42.5 Å². The number of rotatable bonds is 7. The number of Topliss-reactive ketones (excluding diaryl/α,β-unsaturated/α-hetero) is 1. The summed E-state index contributed by atoms with van der Waals surface area (Å²) < 4.78 is 38.2. The van der Waals surface area contributed by atoms with Gasteiger partial charge in [-0.05, 0) is 11.6 Å². The van der Waals surface area contributed by atoms with E-state index < -0.39 is 26.0 Å². The standard InChI is InChI=1S/C12H14O4.C8H10AsNO5/c1-15-8-9-4-3-5-10(6-9)11(13)7-12(14)16-2;1-5(11)10-8-6(9(13,14)15)3-2-4-7(8)12/h3-6H,7-8H2,1-2H3;2-4,12H,1H3,(H,10,11)(H2,13,14,15). The Kier molecular flexibility index (Phi) is 10.2. The summed E-state index contributed by atoms with van der Waals surface area (Å²) in [5.74, 6) is -1.65. The van der Waals surface area contributed by atoms with Gasteiger partial charge in [0, 0.05) is 12.7 Å². The molecule has 0 spiro atoms. The number of aromatic hydroxyl groups is 1. The molecule has 0 aromatic heterocycles. The van der Waals surface area contributed by atoms with Crippen molar-refractivity contribution in [2.24, 2.45) is 0 Å². The van der Waals surface area contributed by atoms with Gasteiger partial charge in [0.2, 0.25) is 0 Å². The number of benzene rings is 2. The first kappa shape index (κ1) is 26.1. The van der Waals surface area contributed by atoms with Gasteiger partial charge in [-0.3, -0.25) is 9.59 Å². The summed E-state index contributed by atoms with van der Waals surface area (Å²) in [7, 11) is 2.85.